The SMILES string of the molecule is CCCCC(Cn1ccnc1)C(=O)O. The fraction of sp³-hybridized carbons (Fsp3) is 0.600. The third-order valence-electron chi connectivity index (χ3n) is 2.25. The Morgan fingerprint density at radius 1 is 1.64 bits per heavy atom. The van der Waals surface area contributed by atoms with Crippen molar-refractivity contribution in [2.24, 2.45) is 5.92 Å². The Hall–Kier alpha value is -1.32. The second-order valence-corrected chi connectivity index (χ2v) is 3.44. The number of carbonyl (C=O) groups is 1. The zero-order chi connectivity index (χ0) is 10.4. The molecule has 0 radical (unpaired) electrons. The third kappa shape index (κ3) is 3.20. The van der Waals surface area contributed by atoms with E-state index < -0.39 is 5.97 Å². The van der Waals surface area contributed by atoms with Gasteiger partial charge in [0.05, 0.1) is 12.2 Å². The molecule has 0 aromatic carbocycles. The van der Waals surface area contributed by atoms with Crippen LogP contribution in [0.5, 0.6) is 0 Å². The normalized spacial score (nSPS) is 12.6. The quantitative estimate of drug-likeness (QED) is 0.754. The zero-order valence-corrected chi connectivity index (χ0v) is 8.39. The molecular formula is C10H16N2O2. The highest BCUT2D eigenvalue weighted by molar-refractivity contribution is 5.69. The van der Waals surface area contributed by atoms with Crippen molar-refractivity contribution in [2.45, 2.75) is 32.7 Å². The zero-order valence-electron chi connectivity index (χ0n) is 8.39. The number of unbranched alkanes of at least 4 members (excludes halogenated alkanes) is 1. The van der Waals surface area contributed by atoms with Crippen molar-refractivity contribution < 1.29 is 9.90 Å². The van der Waals surface area contributed by atoms with Gasteiger partial charge in [-0.15, -0.1) is 0 Å². The second-order valence-electron chi connectivity index (χ2n) is 3.44. The number of rotatable bonds is 6. The van der Waals surface area contributed by atoms with Crippen LogP contribution < -0.4 is 0 Å². The summed E-state index contributed by atoms with van der Waals surface area (Å²) in [7, 11) is 0. The minimum Gasteiger partial charge on any atom is -0.481 e. The van der Waals surface area contributed by atoms with E-state index in [-0.39, 0.29) is 5.92 Å². The van der Waals surface area contributed by atoms with Gasteiger partial charge in [-0.25, -0.2) is 4.98 Å². The molecule has 0 spiro atoms. The average molecular weight is 196 g/mol. The van der Waals surface area contributed by atoms with E-state index in [4.69, 9.17) is 5.11 Å². The summed E-state index contributed by atoms with van der Waals surface area (Å²) >= 11 is 0. The van der Waals surface area contributed by atoms with E-state index in [2.05, 4.69) is 11.9 Å². The van der Waals surface area contributed by atoms with Gasteiger partial charge in [-0.2, -0.15) is 0 Å². The molecule has 1 aromatic heterocycles. The average Bonchev–Trinajstić information content (AvgIpc) is 2.64. The number of imidazole rings is 1. The van der Waals surface area contributed by atoms with E-state index in [1.807, 2.05) is 4.57 Å². The molecule has 0 aliphatic heterocycles. The molecule has 4 nitrogen and oxygen atoms in total. The molecule has 1 N–H and O–H groups in total. The fourth-order valence-electron chi connectivity index (χ4n) is 1.39. The maximum Gasteiger partial charge on any atom is 0.308 e. The van der Waals surface area contributed by atoms with E-state index in [9.17, 15) is 4.79 Å². The summed E-state index contributed by atoms with van der Waals surface area (Å²) in [6.45, 7) is 2.59. The lowest BCUT2D eigenvalue weighted by Crippen LogP contribution is -2.19. The van der Waals surface area contributed by atoms with Crippen LogP contribution in [0.25, 0.3) is 0 Å². The molecule has 14 heavy (non-hydrogen) atoms. The lowest BCUT2D eigenvalue weighted by Gasteiger charge is -2.11. The van der Waals surface area contributed by atoms with Crippen LogP contribution in [0.2, 0.25) is 0 Å². The summed E-state index contributed by atoms with van der Waals surface area (Å²) in [5.41, 5.74) is 0. The number of aliphatic carboxylic acids is 1. The topological polar surface area (TPSA) is 55.1 Å². The Kier molecular flexibility index (Phi) is 4.16. The Bertz CT molecular complexity index is 270. The summed E-state index contributed by atoms with van der Waals surface area (Å²) < 4.78 is 1.81. The van der Waals surface area contributed by atoms with Crippen LogP contribution in [-0.2, 0) is 11.3 Å². The molecule has 4 heteroatoms. The van der Waals surface area contributed by atoms with Crippen molar-refractivity contribution in [1.29, 1.82) is 0 Å². The third-order valence-corrected chi connectivity index (χ3v) is 2.25. The van der Waals surface area contributed by atoms with Gasteiger partial charge < -0.3 is 9.67 Å². The Morgan fingerprint density at radius 3 is 2.93 bits per heavy atom. The van der Waals surface area contributed by atoms with E-state index in [1.165, 1.54) is 0 Å². The summed E-state index contributed by atoms with van der Waals surface area (Å²) in [6.07, 6.45) is 7.85. The van der Waals surface area contributed by atoms with E-state index in [1.54, 1.807) is 18.7 Å². The number of hydrogen-bond donors (Lipinski definition) is 1. The number of carboxylic acid groups (broad SMARTS) is 1. The molecular weight excluding hydrogens is 180 g/mol. The smallest absolute Gasteiger partial charge is 0.308 e. The highest BCUT2D eigenvalue weighted by atomic mass is 16.4. The largest absolute Gasteiger partial charge is 0.481 e. The molecule has 0 amide bonds. The van der Waals surface area contributed by atoms with Crippen molar-refractivity contribution >= 4 is 5.97 Å². The number of nitrogens with zero attached hydrogens (tertiary/aromatic N) is 2. The summed E-state index contributed by atoms with van der Waals surface area (Å²) in [4.78, 5) is 14.8. The number of aromatic nitrogens is 2. The lowest BCUT2D eigenvalue weighted by atomic mass is 10.0. The van der Waals surface area contributed by atoms with Crippen molar-refractivity contribution in [1.82, 2.24) is 9.55 Å². The monoisotopic (exact) mass is 196 g/mol. The van der Waals surface area contributed by atoms with Crippen LogP contribution in [0.3, 0.4) is 0 Å². The van der Waals surface area contributed by atoms with Gasteiger partial charge in [0.25, 0.3) is 0 Å². The first-order valence-corrected chi connectivity index (χ1v) is 4.92. The van der Waals surface area contributed by atoms with Gasteiger partial charge in [0.2, 0.25) is 0 Å². The molecule has 0 saturated heterocycles. The molecule has 0 aliphatic rings. The van der Waals surface area contributed by atoms with E-state index in [0.29, 0.717) is 6.54 Å². The van der Waals surface area contributed by atoms with Crippen molar-refractivity contribution in [3.63, 3.8) is 0 Å². The van der Waals surface area contributed by atoms with Gasteiger partial charge in [-0.05, 0) is 6.42 Å². The van der Waals surface area contributed by atoms with Gasteiger partial charge in [0.1, 0.15) is 0 Å². The standard InChI is InChI=1S/C10H16N2O2/c1-2-3-4-9(10(13)14)7-12-6-5-11-8-12/h5-6,8-9H,2-4,7H2,1H3,(H,13,14). The Balaban J connectivity index is 2.47. The molecule has 0 saturated carbocycles. The van der Waals surface area contributed by atoms with Crippen LogP contribution >= 0.6 is 0 Å². The van der Waals surface area contributed by atoms with Gasteiger partial charge >= 0.3 is 5.97 Å². The number of carboxylic acids is 1. The summed E-state index contributed by atoms with van der Waals surface area (Å²) in [6, 6.07) is 0. The predicted octanol–water partition coefficient (Wildman–Crippen LogP) is 1.77. The molecule has 78 valence electrons. The first kappa shape index (κ1) is 10.8. The molecule has 1 atom stereocenters. The second kappa shape index (κ2) is 5.42. The highest BCUT2D eigenvalue weighted by Gasteiger charge is 2.16. The Labute approximate surface area is 83.6 Å². The molecule has 1 rings (SSSR count). The van der Waals surface area contributed by atoms with E-state index in [0.717, 1.165) is 19.3 Å². The molecule has 0 fully saturated rings. The first-order valence-electron chi connectivity index (χ1n) is 4.92. The van der Waals surface area contributed by atoms with Crippen molar-refractivity contribution in [2.75, 3.05) is 0 Å². The Morgan fingerprint density at radius 2 is 2.43 bits per heavy atom. The molecule has 1 unspecified atom stereocenters. The molecule has 0 bridgehead atoms. The van der Waals surface area contributed by atoms with Crippen molar-refractivity contribution in [3.8, 4) is 0 Å². The van der Waals surface area contributed by atoms with Gasteiger partial charge in [-0.1, -0.05) is 19.8 Å². The highest BCUT2D eigenvalue weighted by Crippen LogP contribution is 2.11. The molecule has 1 heterocycles. The van der Waals surface area contributed by atoms with Crippen LogP contribution in [0.4, 0.5) is 0 Å². The van der Waals surface area contributed by atoms with Crippen LogP contribution in [0, 0.1) is 5.92 Å². The lowest BCUT2D eigenvalue weighted by molar-refractivity contribution is -0.142. The maximum atomic E-state index is 10.9. The summed E-state index contributed by atoms with van der Waals surface area (Å²) in [5, 5.41) is 8.96. The number of hydrogen-bond acceptors (Lipinski definition) is 2. The predicted molar refractivity (Wildman–Crippen MR) is 52.9 cm³/mol. The van der Waals surface area contributed by atoms with Crippen LogP contribution in [-0.4, -0.2) is 20.6 Å². The minimum absolute atomic E-state index is 0.288. The molecule has 0 aliphatic carbocycles. The summed E-state index contributed by atoms with van der Waals surface area (Å²) in [5.74, 6) is -1.00. The minimum atomic E-state index is -0.716. The molecule has 1 aromatic rings. The van der Waals surface area contributed by atoms with Crippen LogP contribution in [0.1, 0.15) is 26.2 Å². The fourth-order valence-corrected chi connectivity index (χ4v) is 1.39. The van der Waals surface area contributed by atoms with E-state index >= 15 is 0 Å². The first-order chi connectivity index (χ1) is 6.74. The van der Waals surface area contributed by atoms with Crippen LogP contribution in [0.15, 0.2) is 18.7 Å². The van der Waals surface area contributed by atoms with Gasteiger partial charge in [0, 0.05) is 18.9 Å². The van der Waals surface area contributed by atoms with Gasteiger partial charge in [-0.3, -0.25) is 4.79 Å². The maximum absolute atomic E-state index is 10.9. The van der Waals surface area contributed by atoms with Crippen molar-refractivity contribution in [3.05, 3.63) is 18.7 Å². The van der Waals surface area contributed by atoms with Gasteiger partial charge in [0.15, 0.2) is 0 Å².